The summed E-state index contributed by atoms with van der Waals surface area (Å²) in [6.45, 7) is 8.80. The average Bonchev–Trinajstić information content (AvgIpc) is 2.39. The first-order valence-corrected chi connectivity index (χ1v) is 6.71. The van der Waals surface area contributed by atoms with Gasteiger partial charge in [0.2, 0.25) is 0 Å². The Balaban J connectivity index is 2.94. The Morgan fingerprint density at radius 2 is 2.00 bits per heavy atom. The van der Waals surface area contributed by atoms with Crippen molar-refractivity contribution < 1.29 is 13.9 Å². The molecule has 2 atom stereocenters. The zero-order valence-electron chi connectivity index (χ0n) is 12.4. The van der Waals surface area contributed by atoms with Gasteiger partial charge in [0.25, 0.3) is 0 Å². The van der Waals surface area contributed by atoms with Gasteiger partial charge in [0.05, 0.1) is 6.61 Å². The van der Waals surface area contributed by atoms with Crippen LogP contribution in [0.5, 0.6) is 5.75 Å². The predicted molar refractivity (Wildman–Crippen MR) is 75.2 cm³/mol. The van der Waals surface area contributed by atoms with Crippen molar-refractivity contribution in [3.63, 3.8) is 0 Å². The third kappa shape index (κ3) is 4.48. The summed E-state index contributed by atoms with van der Waals surface area (Å²) >= 11 is 0. The van der Waals surface area contributed by atoms with Gasteiger partial charge in [-0.3, -0.25) is 0 Å². The molecule has 0 radical (unpaired) electrons. The maximum atomic E-state index is 13.7. The zero-order valence-corrected chi connectivity index (χ0v) is 12.4. The van der Waals surface area contributed by atoms with E-state index in [4.69, 9.17) is 9.47 Å². The van der Waals surface area contributed by atoms with Crippen molar-refractivity contribution in [1.29, 1.82) is 0 Å². The van der Waals surface area contributed by atoms with E-state index in [1.165, 1.54) is 0 Å². The van der Waals surface area contributed by atoms with E-state index in [0.29, 0.717) is 24.5 Å². The van der Waals surface area contributed by atoms with Gasteiger partial charge >= 0.3 is 0 Å². The lowest BCUT2D eigenvalue weighted by Crippen LogP contribution is -2.21. The Morgan fingerprint density at radius 1 is 1.32 bits per heavy atom. The molecule has 0 saturated carbocycles. The third-order valence-electron chi connectivity index (χ3n) is 3.08. The number of aryl methyl sites for hydroxylation is 1. The van der Waals surface area contributed by atoms with E-state index in [1.807, 2.05) is 27.8 Å². The molecular weight excluding hydrogens is 245 g/mol. The molecule has 0 heterocycles. The van der Waals surface area contributed by atoms with Crippen molar-refractivity contribution in [2.24, 2.45) is 0 Å². The van der Waals surface area contributed by atoms with E-state index in [0.717, 1.165) is 5.56 Å². The molecular formula is C15H24FNO2. The molecule has 4 heteroatoms. The number of halogens is 1. The lowest BCUT2D eigenvalue weighted by atomic mass is 10.0. The summed E-state index contributed by atoms with van der Waals surface area (Å²) in [6.07, 6.45) is -0.0624. The minimum absolute atomic E-state index is 0.0318. The number of hydrogen-bond acceptors (Lipinski definition) is 3. The molecule has 1 aromatic carbocycles. The smallest absolute Gasteiger partial charge is 0.126 e. The van der Waals surface area contributed by atoms with Crippen LogP contribution in [0.1, 0.15) is 37.9 Å². The summed E-state index contributed by atoms with van der Waals surface area (Å²) in [5.74, 6) is 0.509. The molecule has 0 saturated heterocycles. The Kier molecular flexibility index (Phi) is 6.25. The van der Waals surface area contributed by atoms with Crippen molar-refractivity contribution >= 4 is 0 Å². The van der Waals surface area contributed by atoms with Gasteiger partial charge in [-0.25, -0.2) is 4.39 Å². The Bertz CT molecular complexity index is 409. The first kappa shape index (κ1) is 15.9. The van der Waals surface area contributed by atoms with Crippen LogP contribution in [-0.4, -0.2) is 26.4 Å². The Labute approximate surface area is 115 Å². The van der Waals surface area contributed by atoms with Crippen LogP contribution < -0.4 is 10.1 Å². The average molecular weight is 269 g/mol. The van der Waals surface area contributed by atoms with Gasteiger partial charge in [-0.2, -0.15) is 0 Å². The normalized spacial score (nSPS) is 14.2. The zero-order chi connectivity index (χ0) is 14.4. The molecule has 0 aliphatic heterocycles. The minimum atomic E-state index is -0.207. The highest BCUT2D eigenvalue weighted by molar-refractivity contribution is 5.40. The summed E-state index contributed by atoms with van der Waals surface area (Å²) in [5, 5.41) is 3.11. The van der Waals surface area contributed by atoms with Crippen LogP contribution >= 0.6 is 0 Å². The highest BCUT2D eigenvalue weighted by Gasteiger charge is 2.15. The van der Waals surface area contributed by atoms with E-state index in [9.17, 15) is 4.39 Å². The SMILES string of the molecule is CCOCC(C)Oc1cc(C)c(F)cc1C(C)NC. The standard InChI is InChI=1S/C15H24FNO2/c1-6-18-9-11(3)19-15-7-10(2)14(16)8-13(15)12(4)17-5/h7-8,11-12,17H,6,9H2,1-5H3. The molecule has 0 spiro atoms. The molecule has 3 nitrogen and oxygen atoms in total. The van der Waals surface area contributed by atoms with Crippen LogP contribution in [0.2, 0.25) is 0 Å². The fourth-order valence-corrected chi connectivity index (χ4v) is 1.80. The summed E-state index contributed by atoms with van der Waals surface area (Å²) < 4.78 is 24.9. The minimum Gasteiger partial charge on any atom is -0.488 e. The van der Waals surface area contributed by atoms with Crippen LogP contribution in [0.3, 0.4) is 0 Å². The summed E-state index contributed by atoms with van der Waals surface area (Å²) in [7, 11) is 1.84. The van der Waals surface area contributed by atoms with E-state index in [1.54, 1.807) is 19.1 Å². The summed E-state index contributed by atoms with van der Waals surface area (Å²) in [4.78, 5) is 0. The topological polar surface area (TPSA) is 30.5 Å². The number of nitrogens with one attached hydrogen (secondary N) is 1. The molecule has 1 aromatic rings. The molecule has 0 aliphatic rings. The lowest BCUT2D eigenvalue weighted by Gasteiger charge is -2.21. The quantitative estimate of drug-likeness (QED) is 0.824. The van der Waals surface area contributed by atoms with E-state index < -0.39 is 0 Å². The van der Waals surface area contributed by atoms with Crippen LogP contribution in [-0.2, 0) is 4.74 Å². The molecule has 19 heavy (non-hydrogen) atoms. The number of benzene rings is 1. The van der Waals surface area contributed by atoms with Gasteiger partial charge < -0.3 is 14.8 Å². The summed E-state index contributed by atoms with van der Waals surface area (Å²) in [6, 6.07) is 3.32. The maximum absolute atomic E-state index is 13.7. The largest absolute Gasteiger partial charge is 0.488 e. The summed E-state index contributed by atoms with van der Waals surface area (Å²) in [5.41, 5.74) is 1.42. The Hall–Kier alpha value is -1.13. The second kappa shape index (κ2) is 7.46. The fourth-order valence-electron chi connectivity index (χ4n) is 1.80. The van der Waals surface area contributed by atoms with Crippen molar-refractivity contribution in [3.05, 3.63) is 29.1 Å². The van der Waals surface area contributed by atoms with Gasteiger partial charge in [-0.05, 0) is 52.4 Å². The first-order chi connectivity index (χ1) is 8.99. The Morgan fingerprint density at radius 3 is 2.58 bits per heavy atom. The lowest BCUT2D eigenvalue weighted by molar-refractivity contribution is 0.0649. The van der Waals surface area contributed by atoms with Crippen molar-refractivity contribution in [1.82, 2.24) is 5.32 Å². The predicted octanol–water partition coefficient (Wildman–Crippen LogP) is 3.22. The molecule has 2 unspecified atom stereocenters. The fraction of sp³-hybridized carbons (Fsp3) is 0.600. The molecule has 0 aliphatic carbocycles. The molecule has 0 amide bonds. The first-order valence-electron chi connectivity index (χ1n) is 6.71. The van der Waals surface area contributed by atoms with Crippen LogP contribution in [0.15, 0.2) is 12.1 Å². The third-order valence-corrected chi connectivity index (χ3v) is 3.08. The van der Waals surface area contributed by atoms with Gasteiger partial charge in [-0.1, -0.05) is 0 Å². The molecule has 108 valence electrons. The second-order valence-corrected chi connectivity index (χ2v) is 4.74. The van der Waals surface area contributed by atoms with Crippen LogP contribution in [0.4, 0.5) is 4.39 Å². The molecule has 0 fully saturated rings. The van der Waals surface area contributed by atoms with E-state index >= 15 is 0 Å². The van der Waals surface area contributed by atoms with Crippen LogP contribution in [0.25, 0.3) is 0 Å². The van der Waals surface area contributed by atoms with E-state index in [2.05, 4.69) is 5.32 Å². The molecule has 0 bridgehead atoms. The van der Waals surface area contributed by atoms with Gasteiger partial charge in [0.15, 0.2) is 0 Å². The highest BCUT2D eigenvalue weighted by Crippen LogP contribution is 2.29. The molecule has 1 rings (SSSR count). The molecule has 1 N–H and O–H groups in total. The van der Waals surface area contributed by atoms with Crippen molar-refractivity contribution in [2.45, 2.75) is 39.8 Å². The number of ether oxygens (including phenoxy) is 2. The second-order valence-electron chi connectivity index (χ2n) is 4.74. The van der Waals surface area contributed by atoms with Crippen molar-refractivity contribution in [3.8, 4) is 5.75 Å². The molecule has 0 aromatic heterocycles. The van der Waals surface area contributed by atoms with E-state index in [-0.39, 0.29) is 18.0 Å². The number of hydrogen-bond donors (Lipinski definition) is 1. The van der Waals surface area contributed by atoms with Gasteiger partial charge in [0.1, 0.15) is 17.7 Å². The van der Waals surface area contributed by atoms with Crippen LogP contribution in [0, 0.1) is 12.7 Å². The van der Waals surface area contributed by atoms with Crippen molar-refractivity contribution in [2.75, 3.05) is 20.3 Å². The monoisotopic (exact) mass is 269 g/mol. The van der Waals surface area contributed by atoms with Gasteiger partial charge in [-0.15, -0.1) is 0 Å². The van der Waals surface area contributed by atoms with Gasteiger partial charge in [0, 0.05) is 18.2 Å². The number of rotatable bonds is 7. The highest BCUT2D eigenvalue weighted by atomic mass is 19.1. The maximum Gasteiger partial charge on any atom is 0.126 e.